The Hall–Kier alpha value is -2.30. The molecule has 0 spiro atoms. The van der Waals surface area contributed by atoms with Crippen molar-refractivity contribution in [1.29, 1.82) is 0 Å². The lowest BCUT2D eigenvalue weighted by Gasteiger charge is -2.16. The monoisotopic (exact) mass is 217 g/mol. The number of hydrogen-bond acceptors (Lipinski definition) is 3. The van der Waals surface area contributed by atoms with Gasteiger partial charge in [0, 0.05) is 18.9 Å². The molecule has 0 saturated carbocycles. The lowest BCUT2D eigenvalue weighted by molar-refractivity contribution is 0.141. The van der Waals surface area contributed by atoms with E-state index in [0.717, 1.165) is 5.69 Å². The Morgan fingerprint density at radius 1 is 1.38 bits per heavy atom. The molecule has 2 aromatic rings. The predicted molar refractivity (Wildman–Crippen MR) is 59.0 cm³/mol. The van der Waals surface area contributed by atoms with Crippen LogP contribution in [0.25, 0.3) is 0 Å². The van der Waals surface area contributed by atoms with Crippen LogP contribution in [0.5, 0.6) is 0 Å². The maximum Gasteiger partial charge on any atom is 0.438 e. The molecule has 0 aliphatic rings. The van der Waals surface area contributed by atoms with Crippen molar-refractivity contribution in [3.8, 4) is 0 Å². The van der Waals surface area contributed by atoms with Gasteiger partial charge in [0.15, 0.2) is 0 Å². The molecule has 1 aromatic carbocycles. The molecule has 2 rings (SSSR count). The summed E-state index contributed by atoms with van der Waals surface area (Å²) >= 11 is 0. The van der Waals surface area contributed by atoms with Crippen LogP contribution >= 0.6 is 0 Å². The highest BCUT2D eigenvalue weighted by Crippen LogP contribution is 2.10. The molecule has 0 radical (unpaired) electrons. The van der Waals surface area contributed by atoms with Gasteiger partial charge >= 0.3 is 6.09 Å². The normalized spacial score (nSPS) is 9.81. The first-order valence-electron chi connectivity index (χ1n) is 4.76. The second-order valence-electron chi connectivity index (χ2n) is 3.17. The topological polar surface area (TPSA) is 47.4 Å². The van der Waals surface area contributed by atoms with Gasteiger partial charge in [-0.05, 0) is 12.1 Å². The molecule has 16 heavy (non-hydrogen) atoms. The number of anilines is 1. The van der Waals surface area contributed by atoms with Gasteiger partial charge < -0.3 is 4.84 Å². The zero-order valence-corrected chi connectivity index (χ0v) is 8.78. The number of nitrogens with zero attached hydrogens (tertiary/aromatic N) is 3. The van der Waals surface area contributed by atoms with Crippen LogP contribution in [-0.2, 0) is 0 Å². The second kappa shape index (κ2) is 4.48. The molecule has 0 aliphatic carbocycles. The Morgan fingerprint density at radius 2 is 2.12 bits per heavy atom. The summed E-state index contributed by atoms with van der Waals surface area (Å²) in [6.45, 7) is 0. The van der Waals surface area contributed by atoms with Crippen LogP contribution in [0, 0.1) is 0 Å². The molecule has 1 amide bonds. The summed E-state index contributed by atoms with van der Waals surface area (Å²) in [5.41, 5.74) is 0.771. The molecule has 0 aliphatic heterocycles. The van der Waals surface area contributed by atoms with Crippen LogP contribution in [0.15, 0.2) is 49.1 Å². The number of hydrogen-bond donors (Lipinski definition) is 0. The fraction of sp³-hybridized carbons (Fsp3) is 0.0909. The molecule has 1 heterocycles. The second-order valence-corrected chi connectivity index (χ2v) is 3.17. The van der Waals surface area contributed by atoms with Crippen molar-refractivity contribution in [3.05, 3.63) is 49.1 Å². The predicted octanol–water partition coefficient (Wildman–Crippen LogP) is 1.57. The molecular formula is C11H11N3O2. The van der Waals surface area contributed by atoms with Gasteiger partial charge in [0.2, 0.25) is 0 Å². The van der Waals surface area contributed by atoms with E-state index in [1.807, 2.05) is 30.3 Å². The van der Waals surface area contributed by atoms with Gasteiger partial charge in [0.05, 0.1) is 6.20 Å². The van der Waals surface area contributed by atoms with E-state index >= 15 is 0 Å². The third kappa shape index (κ3) is 2.20. The van der Waals surface area contributed by atoms with Gasteiger partial charge in [-0.2, -0.15) is 4.73 Å². The van der Waals surface area contributed by atoms with E-state index in [9.17, 15) is 4.79 Å². The first kappa shape index (κ1) is 10.2. The highest BCUT2D eigenvalue weighted by molar-refractivity contribution is 5.87. The molecule has 1 aromatic heterocycles. The average Bonchev–Trinajstić information content (AvgIpc) is 2.82. The Balaban J connectivity index is 2.05. The van der Waals surface area contributed by atoms with Gasteiger partial charge in [-0.15, -0.1) is 0 Å². The van der Waals surface area contributed by atoms with Crippen molar-refractivity contribution in [2.24, 2.45) is 0 Å². The molecule has 0 bridgehead atoms. The van der Waals surface area contributed by atoms with Crippen molar-refractivity contribution in [1.82, 2.24) is 9.71 Å². The van der Waals surface area contributed by atoms with Crippen LogP contribution in [-0.4, -0.2) is 22.9 Å². The summed E-state index contributed by atoms with van der Waals surface area (Å²) in [7, 11) is 1.65. The summed E-state index contributed by atoms with van der Waals surface area (Å²) in [6.07, 6.45) is 4.03. The number of imidazole rings is 1. The van der Waals surface area contributed by atoms with E-state index in [-0.39, 0.29) is 0 Å². The molecule has 0 fully saturated rings. The van der Waals surface area contributed by atoms with Crippen LogP contribution < -0.4 is 9.74 Å². The Bertz CT molecular complexity index is 453. The third-order valence-corrected chi connectivity index (χ3v) is 2.08. The average molecular weight is 217 g/mol. The van der Waals surface area contributed by atoms with E-state index in [1.54, 1.807) is 13.2 Å². The van der Waals surface area contributed by atoms with Gasteiger partial charge in [-0.1, -0.05) is 18.2 Å². The van der Waals surface area contributed by atoms with E-state index in [4.69, 9.17) is 4.84 Å². The number of rotatable bonds is 2. The maximum absolute atomic E-state index is 11.7. The quantitative estimate of drug-likeness (QED) is 0.767. The van der Waals surface area contributed by atoms with Crippen molar-refractivity contribution in [2.45, 2.75) is 0 Å². The van der Waals surface area contributed by atoms with Crippen molar-refractivity contribution < 1.29 is 9.63 Å². The van der Waals surface area contributed by atoms with Crippen LogP contribution in [0.2, 0.25) is 0 Å². The smallest absolute Gasteiger partial charge is 0.316 e. The highest BCUT2D eigenvalue weighted by atomic mass is 16.7. The Kier molecular flexibility index (Phi) is 2.86. The number of benzene rings is 1. The number of amides is 1. The molecule has 5 nitrogen and oxygen atoms in total. The summed E-state index contributed by atoms with van der Waals surface area (Å²) in [6, 6.07) is 9.26. The molecule has 0 unspecified atom stereocenters. The molecule has 5 heteroatoms. The first-order valence-corrected chi connectivity index (χ1v) is 4.76. The summed E-state index contributed by atoms with van der Waals surface area (Å²) in [5.74, 6) is 0. The fourth-order valence-corrected chi connectivity index (χ4v) is 1.21. The van der Waals surface area contributed by atoms with Gasteiger partial charge in [0.25, 0.3) is 0 Å². The summed E-state index contributed by atoms with van der Waals surface area (Å²) in [5, 5.41) is 0. The molecule has 0 atom stereocenters. The Morgan fingerprint density at radius 3 is 2.75 bits per heavy atom. The summed E-state index contributed by atoms with van der Waals surface area (Å²) in [4.78, 5) is 21.9. The standard InChI is InChI=1S/C11H11N3O2/c1-13(10-5-3-2-4-6-10)11(15)16-14-8-7-12-9-14/h2-9H,1H3. The van der Waals surface area contributed by atoms with Gasteiger partial charge in [-0.3, -0.25) is 4.90 Å². The minimum Gasteiger partial charge on any atom is -0.316 e. The van der Waals surface area contributed by atoms with Crippen LogP contribution in [0.1, 0.15) is 0 Å². The van der Waals surface area contributed by atoms with E-state index in [2.05, 4.69) is 4.98 Å². The zero-order chi connectivity index (χ0) is 11.4. The van der Waals surface area contributed by atoms with Crippen molar-refractivity contribution >= 4 is 11.8 Å². The van der Waals surface area contributed by atoms with Crippen LogP contribution in [0.3, 0.4) is 0 Å². The maximum atomic E-state index is 11.7. The largest absolute Gasteiger partial charge is 0.438 e. The lowest BCUT2D eigenvalue weighted by Crippen LogP contribution is -2.33. The fourth-order valence-electron chi connectivity index (χ4n) is 1.21. The van der Waals surface area contributed by atoms with E-state index in [1.165, 1.54) is 22.2 Å². The third-order valence-electron chi connectivity index (χ3n) is 2.08. The highest BCUT2D eigenvalue weighted by Gasteiger charge is 2.12. The van der Waals surface area contributed by atoms with Crippen molar-refractivity contribution in [2.75, 3.05) is 11.9 Å². The molecule has 0 saturated heterocycles. The van der Waals surface area contributed by atoms with Crippen molar-refractivity contribution in [3.63, 3.8) is 0 Å². The van der Waals surface area contributed by atoms with Gasteiger partial charge in [-0.25, -0.2) is 9.78 Å². The molecule has 82 valence electrons. The number of carbonyl (C=O) groups is 1. The lowest BCUT2D eigenvalue weighted by atomic mass is 10.3. The summed E-state index contributed by atoms with van der Waals surface area (Å²) < 4.78 is 1.25. The van der Waals surface area contributed by atoms with Crippen LogP contribution in [0.4, 0.5) is 10.5 Å². The number of aromatic nitrogens is 2. The number of para-hydroxylation sites is 1. The minimum atomic E-state index is -0.468. The SMILES string of the molecule is CN(C(=O)On1ccnc1)c1ccccc1. The number of carbonyl (C=O) groups excluding carboxylic acids is 1. The first-order chi connectivity index (χ1) is 7.77. The molecule has 0 N–H and O–H groups in total. The van der Waals surface area contributed by atoms with E-state index in [0.29, 0.717) is 0 Å². The van der Waals surface area contributed by atoms with Gasteiger partial charge in [0.1, 0.15) is 6.33 Å². The Labute approximate surface area is 92.8 Å². The molecular weight excluding hydrogens is 206 g/mol. The van der Waals surface area contributed by atoms with E-state index < -0.39 is 6.09 Å². The zero-order valence-electron chi connectivity index (χ0n) is 8.78. The minimum absolute atomic E-state index is 0.468.